The number of benzene rings is 1. The number of hydrogen-bond donors (Lipinski definition) is 0. The highest BCUT2D eigenvalue weighted by molar-refractivity contribution is 5.90. The van der Waals surface area contributed by atoms with Gasteiger partial charge in [0.05, 0.1) is 0 Å². The van der Waals surface area contributed by atoms with Crippen LogP contribution >= 0.6 is 0 Å². The van der Waals surface area contributed by atoms with Gasteiger partial charge in [0, 0.05) is 5.57 Å². The Morgan fingerprint density at radius 3 is 2.20 bits per heavy atom. The van der Waals surface area contributed by atoms with Gasteiger partial charge in [-0.05, 0) is 17.5 Å². The van der Waals surface area contributed by atoms with Crippen LogP contribution in [0.3, 0.4) is 0 Å². The van der Waals surface area contributed by atoms with Crippen LogP contribution in [-0.2, 0) is 4.79 Å². The highest BCUT2D eigenvalue weighted by Crippen LogP contribution is 2.25. The van der Waals surface area contributed by atoms with Crippen molar-refractivity contribution in [2.45, 2.75) is 20.8 Å². The zero-order valence-corrected chi connectivity index (χ0v) is 9.41. The van der Waals surface area contributed by atoms with Gasteiger partial charge in [0.1, 0.15) is 5.75 Å². The summed E-state index contributed by atoms with van der Waals surface area (Å²) in [7, 11) is 0. The van der Waals surface area contributed by atoms with Gasteiger partial charge in [0.25, 0.3) is 0 Å². The SMILES string of the molecule is C=C(C(=O)Oc1ccccc1)C(C)(C)C. The molecular weight excluding hydrogens is 188 g/mol. The molecule has 0 radical (unpaired) electrons. The molecule has 0 aliphatic heterocycles. The molecule has 1 rings (SSSR count). The number of hydrogen-bond acceptors (Lipinski definition) is 2. The van der Waals surface area contributed by atoms with Crippen molar-refractivity contribution in [2.24, 2.45) is 5.41 Å². The second-order valence-corrected chi connectivity index (χ2v) is 4.43. The molecule has 0 saturated heterocycles. The van der Waals surface area contributed by atoms with E-state index in [2.05, 4.69) is 6.58 Å². The van der Waals surface area contributed by atoms with E-state index in [1.165, 1.54) is 0 Å². The van der Waals surface area contributed by atoms with E-state index in [4.69, 9.17) is 4.74 Å². The maximum absolute atomic E-state index is 11.6. The van der Waals surface area contributed by atoms with Crippen molar-refractivity contribution >= 4 is 5.97 Å². The first-order valence-electron chi connectivity index (χ1n) is 4.88. The van der Waals surface area contributed by atoms with Gasteiger partial charge in [-0.15, -0.1) is 0 Å². The molecule has 15 heavy (non-hydrogen) atoms. The second-order valence-electron chi connectivity index (χ2n) is 4.43. The van der Waals surface area contributed by atoms with Crippen molar-refractivity contribution in [2.75, 3.05) is 0 Å². The molecule has 0 heterocycles. The van der Waals surface area contributed by atoms with E-state index >= 15 is 0 Å². The summed E-state index contributed by atoms with van der Waals surface area (Å²) in [5, 5.41) is 0. The van der Waals surface area contributed by atoms with Crippen molar-refractivity contribution in [1.29, 1.82) is 0 Å². The molecule has 0 atom stereocenters. The summed E-state index contributed by atoms with van der Waals surface area (Å²) in [6, 6.07) is 9.00. The Morgan fingerprint density at radius 1 is 1.20 bits per heavy atom. The summed E-state index contributed by atoms with van der Waals surface area (Å²) in [4.78, 5) is 11.6. The van der Waals surface area contributed by atoms with E-state index in [9.17, 15) is 4.79 Å². The van der Waals surface area contributed by atoms with Gasteiger partial charge in [0.15, 0.2) is 0 Å². The van der Waals surface area contributed by atoms with Crippen molar-refractivity contribution in [1.82, 2.24) is 0 Å². The molecule has 0 aromatic heterocycles. The van der Waals surface area contributed by atoms with Gasteiger partial charge in [-0.1, -0.05) is 45.5 Å². The fraction of sp³-hybridized carbons (Fsp3) is 0.308. The molecule has 0 fully saturated rings. The summed E-state index contributed by atoms with van der Waals surface area (Å²) in [5.41, 5.74) is 0.220. The molecule has 1 aromatic rings. The molecule has 0 N–H and O–H groups in total. The molecule has 0 bridgehead atoms. The number of carbonyl (C=O) groups is 1. The highest BCUT2D eigenvalue weighted by atomic mass is 16.5. The lowest BCUT2D eigenvalue weighted by atomic mass is 9.88. The van der Waals surface area contributed by atoms with E-state index in [1.807, 2.05) is 39.0 Å². The lowest BCUT2D eigenvalue weighted by Crippen LogP contribution is -2.21. The standard InChI is InChI=1S/C13H16O2/c1-10(13(2,3)4)12(14)15-11-8-6-5-7-9-11/h5-9H,1H2,2-4H3. The quantitative estimate of drug-likeness (QED) is 0.420. The zero-order chi connectivity index (χ0) is 11.5. The second kappa shape index (κ2) is 4.30. The minimum atomic E-state index is -0.367. The lowest BCUT2D eigenvalue weighted by molar-refractivity contribution is -0.131. The van der Waals surface area contributed by atoms with Crippen LogP contribution in [-0.4, -0.2) is 5.97 Å². The summed E-state index contributed by atoms with van der Waals surface area (Å²) in [5.74, 6) is 0.182. The fourth-order valence-electron chi connectivity index (χ4n) is 0.963. The van der Waals surface area contributed by atoms with Gasteiger partial charge in [0.2, 0.25) is 0 Å². The lowest BCUT2D eigenvalue weighted by Gasteiger charge is -2.19. The highest BCUT2D eigenvalue weighted by Gasteiger charge is 2.23. The predicted molar refractivity (Wildman–Crippen MR) is 60.7 cm³/mol. The maximum atomic E-state index is 11.6. The number of rotatable bonds is 2. The Bertz CT molecular complexity index is 358. The first-order chi connectivity index (χ1) is 6.91. The average Bonchev–Trinajstić information content (AvgIpc) is 2.16. The first-order valence-corrected chi connectivity index (χ1v) is 4.88. The number of carbonyl (C=O) groups excluding carboxylic acids is 1. The summed E-state index contributed by atoms with van der Waals surface area (Å²) in [6.07, 6.45) is 0. The van der Waals surface area contributed by atoms with Crippen LogP contribution in [0.2, 0.25) is 0 Å². The van der Waals surface area contributed by atoms with Crippen LogP contribution in [0.15, 0.2) is 42.5 Å². The minimum Gasteiger partial charge on any atom is -0.423 e. The normalized spacial score (nSPS) is 10.9. The Kier molecular flexibility index (Phi) is 3.30. The smallest absolute Gasteiger partial charge is 0.339 e. The van der Waals surface area contributed by atoms with Gasteiger partial charge in [-0.25, -0.2) is 4.79 Å². The fourth-order valence-corrected chi connectivity index (χ4v) is 0.963. The Hall–Kier alpha value is -1.57. The van der Waals surface area contributed by atoms with E-state index in [-0.39, 0.29) is 11.4 Å². The third-order valence-corrected chi connectivity index (χ3v) is 2.11. The van der Waals surface area contributed by atoms with Crippen molar-refractivity contribution in [3.05, 3.63) is 42.5 Å². The number of para-hydroxylation sites is 1. The summed E-state index contributed by atoms with van der Waals surface area (Å²) >= 11 is 0. The monoisotopic (exact) mass is 204 g/mol. The van der Waals surface area contributed by atoms with Crippen LogP contribution in [0.5, 0.6) is 5.75 Å². The maximum Gasteiger partial charge on any atom is 0.339 e. The largest absolute Gasteiger partial charge is 0.423 e. The van der Waals surface area contributed by atoms with Crippen LogP contribution in [0.25, 0.3) is 0 Å². The zero-order valence-electron chi connectivity index (χ0n) is 9.41. The van der Waals surface area contributed by atoms with Crippen molar-refractivity contribution < 1.29 is 9.53 Å². The van der Waals surface area contributed by atoms with Gasteiger partial charge in [-0.3, -0.25) is 0 Å². The van der Waals surface area contributed by atoms with E-state index in [1.54, 1.807) is 12.1 Å². The van der Waals surface area contributed by atoms with Gasteiger partial charge >= 0.3 is 5.97 Å². The molecule has 1 aromatic carbocycles. The molecule has 0 spiro atoms. The Labute approximate surface area is 90.6 Å². The Balaban J connectivity index is 2.69. The predicted octanol–water partition coefficient (Wildman–Crippen LogP) is 3.19. The minimum absolute atomic E-state index is 0.258. The Morgan fingerprint density at radius 2 is 1.73 bits per heavy atom. The van der Waals surface area contributed by atoms with Crippen LogP contribution in [0.4, 0.5) is 0 Å². The molecule has 0 unspecified atom stereocenters. The number of esters is 1. The third kappa shape index (κ3) is 3.24. The summed E-state index contributed by atoms with van der Waals surface area (Å²) in [6.45, 7) is 9.54. The van der Waals surface area contributed by atoms with E-state index in [0.29, 0.717) is 11.3 Å². The van der Waals surface area contributed by atoms with Gasteiger partial charge in [-0.2, -0.15) is 0 Å². The van der Waals surface area contributed by atoms with Crippen LogP contribution in [0, 0.1) is 5.41 Å². The topological polar surface area (TPSA) is 26.3 Å². The molecular formula is C13H16O2. The molecule has 0 saturated carbocycles. The third-order valence-electron chi connectivity index (χ3n) is 2.11. The van der Waals surface area contributed by atoms with Gasteiger partial charge < -0.3 is 4.74 Å². The van der Waals surface area contributed by atoms with E-state index in [0.717, 1.165) is 0 Å². The average molecular weight is 204 g/mol. The van der Waals surface area contributed by atoms with Crippen LogP contribution in [0.1, 0.15) is 20.8 Å². The summed E-state index contributed by atoms with van der Waals surface area (Å²) < 4.78 is 5.16. The van der Waals surface area contributed by atoms with Crippen molar-refractivity contribution in [3.8, 4) is 5.75 Å². The molecule has 80 valence electrons. The first kappa shape index (κ1) is 11.5. The van der Waals surface area contributed by atoms with Crippen molar-refractivity contribution in [3.63, 3.8) is 0 Å². The molecule has 0 aliphatic carbocycles. The van der Waals surface area contributed by atoms with Crippen LogP contribution < -0.4 is 4.74 Å². The number of ether oxygens (including phenoxy) is 1. The van der Waals surface area contributed by atoms with E-state index < -0.39 is 0 Å². The molecule has 0 aliphatic rings. The molecule has 2 heteroatoms. The molecule has 0 amide bonds. The molecule has 2 nitrogen and oxygen atoms in total.